The summed E-state index contributed by atoms with van der Waals surface area (Å²) in [5.74, 6) is 0. The number of hydrogen-bond acceptors (Lipinski definition) is 11. The normalized spacial score (nSPS) is 14.6. The lowest BCUT2D eigenvalue weighted by Crippen LogP contribution is -2.26. The largest absolute Gasteiger partial charge is 0.394 e. The number of ether oxygens (including phenoxy) is 6. The van der Waals surface area contributed by atoms with Gasteiger partial charge in [0.05, 0.1) is 52.9 Å². The van der Waals surface area contributed by atoms with Crippen molar-refractivity contribution < 1.29 is 54.0 Å². The van der Waals surface area contributed by atoms with Gasteiger partial charge in [-0.3, -0.25) is 0 Å². The van der Waals surface area contributed by atoms with E-state index in [0.29, 0.717) is 39.6 Å². The Balaban J connectivity index is -0.000000371. The van der Waals surface area contributed by atoms with Crippen LogP contribution in [0.25, 0.3) is 0 Å². The van der Waals surface area contributed by atoms with Crippen LogP contribution >= 0.6 is 0 Å². The molecule has 0 saturated heterocycles. The van der Waals surface area contributed by atoms with Crippen molar-refractivity contribution in [1.29, 1.82) is 0 Å². The van der Waals surface area contributed by atoms with Gasteiger partial charge in [-0.2, -0.15) is 0 Å². The number of hydrogen-bond donors (Lipinski definition) is 5. The fourth-order valence-corrected chi connectivity index (χ4v) is 1.62. The molecule has 0 fully saturated rings. The number of rotatable bonds is 17. The van der Waals surface area contributed by atoms with Crippen molar-refractivity contribution in [2.45, 2.75) is 38.3 Å². The molecular formula is C19H44O11. The second-order valence-corrected chi connectivity index (χ2v) is 6.02. The summed E-state index contributed by atoms with van der Waals surface area (Å²) in [6.07, 6.45) is -2.51. The van der Waals surface area contributed by atoms with Gasteiger partial charge in [-0.1, -0.05) is 0 Å². The van der Waals surface area contributed by atoms with Crippen LogP contribution in [-0.2, 0) is 28.4 Å². The summed E-state index contributed by atoms with van der Waals surface area (Å²) in [6.45, 7) is 6.48. The molecule has 186 valence electrons. The first-order valence-electron chi connectivity index (χ1n) is 9.85. The third-order valence-electron chi connectivity index (χ3n) is 2.94. The highest BCUT2D eigenvalue weighted by atomic mass is 16.5. The maximum absolute atomic E-state index is 9.04. The van der Waals surface area contributed by atoms with Gasteiger partial charge in [0.15, 0.2) is 0 Å². The molecule has 0 aliphatic rings. The van der Waals surface area contributed by atoms with E-state index in [1.54, 1.807) is 14.2 Å². The van der Waals surface area contributed by atoms with Gasteiger partial charge in [-0.25, -0.2) is 0 Å². The molecule has 4 unspecified atom stereocenters. The van der Waals surface area contributed by atoms with Gasteiger partial charge in [0, 0.05) is 34.5 Å². The van der Waals surface area contributed by atoms with E-state index in [1.807, 2.05) is 13.8 Å². The van der Waals surface area contributed by atoms with Gasteiger partial charge in [0.2, 0.25) is 0 Å². The molecule has 0 aromatic rings. The van der Waals surface area contributed by atoms with Gasteiger partial charge in [-0.05, 0) is 13.8 Å². The topological polar surface area (TPSA) is 157 Å². The highest BCUT2D eigenvalue weighted by molar-refractivity contribution is 4.53. The molecule has 0 aliphatic heterocycles. The maximum Gasteiger partial charge on any atom is 0.101 e. The zero-order valence-electron chi connectivity index (χ0n) is 19.1. The first kappa shape index (κ1) is 34.2. The minimum absolute atomic E-state index is 0.0251. The van der Waals surface area contributed by atoms with Crippen LogP contribution in [0.3, 0.4) is 0 Å². The van der Waals surface area contributed by atoms with Gasteiger partial charge in [0.1, 0.15) is 24.4 Å². The van der Waals surface area contributed by atoms with Crippen LogP contribution in [0.2, 0.25) is 0 Å². The van der Waals surface area contributed by atoms with E-state index < -0.39 is 24.4 Å². The van der Waals surface area contributed by atoms with Crippen molar-refractivity contribution >= 4 is 0 Å². The van der Waals surface area contributed by atoms with Crippen molar-refractivity contribution in [2.75, 3.05) is 87.4 Å². The predicted molar refractivity (Wildman–Crippen MR) is 111 cm³/mol. The molecule has 0 heterocycles. The Morgan fingerprint density at radius 3 is 1.07 bits per heavy atom. The van der Waals surface area contributed by atoms with Crippen LogP contribution in [0.1, 0.15) is 13.8 Å². The highest BCUT2D eigenvalue weighted by Crippen LogP contribution is 1.89. The second-order valence-electron chi connectivity index (χ2n) is 6.02. The molecule has 0 aromatic heterocycles. The monoisotopic (exact) mass is 448 g/mol. The van der Waals surface area contributed by atoms with Crippen molar-refractivity contribution in [3.8, 4) is 0 Å². The van der Waals surface area contributed by atoms with Crippen molar-refractivity contribution in [2.24, 2.45) is 0 Å². The van der Waals surface area contributed by atoms with E-state index in [9.17, 15) is 0 Å². The standard InChI is InChI=1S/C7H16O5.2C6H14O3/c1-11-3-7(10)5-12-4-6(9)2-8;2*1-3-9-5-6(7)4-8-2/h6-10H,2-5H2,1H3;2*6-7H,3-5H2,1-2H3. The van der Waals surface area contributed by atoms with Crippen LogP contribution < -0.4 is 0 Å². The average molecular weight is 449 g/mol. The Morgan fingerprint density at radius 2 is 0.800 bits per heavy atom. The summed E-state index contributed by atoms with van der Waals surface area (Å²) >= 11 is 0. The molecule has 0 radical (unpaired) electrons. The molecule has 30 heavy (non-hydrogen) atoms. The van der Waals surface area contributed by atoms with Gasteiger partial charge < -0.3 is 54.0 Å². The highest BCUT2D eigenvalue weighted by Gasteiger charge is 2.06. The Labute approximate surface area is 180 Å². The summed E-state index contributed by atoms with van der Waals surface area (Å²) in [5.41, 5.74) is 0. The molecule has 0 spiro atoms. The lowest BCUT2D eigenvalue weighted by molar-refractivity contribution is -0.0417. The minimum atomic E-state index is -0.875. The third kappa shape index (κ3) is 32.2. The van der Waals surface area contributed by atoms with Crippen LogP contribution in [0.5, 0.6) is 0 Å². The third-order valence-corrected chi connectivity index (χ3v) is 2.94. The van der Waals surface area contributed by atoms with E-state index in [2.05, 4.69) is 14.2 Å². The van der Waals surface area contributed by atoms with Crippen LogP contribution in [-0.4, -0.2) is 137 Å². The van der Waals surface area contributed by atoms with E-state index in [-0.39, 0.29) is 26.4 Å². The lowest BCUT2D eigenvalue weighted by atomic mass is 10.4. The first-order chi connectivity index (χ1) is 14.3. The molecule has 11 heteroatoms. The molecule has 0 rings (SSSR count). The smallest absolute Gasteiger partial charge is 0.101 e. The fourth-order valence-electron chi connectivity index (χ4n) is 1.62. The molecule has 11 nitrogen and oxygen atoms in total. The van der Waals surface area contributed by atoms with Crippen LogP contribution in [0.15, 0.2) is 0 Å². The Hall–Kier alpha value is -0.440. The molecule has 0 aromatic carbocycles. The summed E-state index contributed by atoms with van der Waals surface area (Å²) in [4.78, 5) is 0. The second kappa shape index (κ2) is 28.6. The van der Waals surface area contributed by atoms with Gasteiger partial charge in [0.25, 0.3) is 0 Å². The number of aliphatic hydroxyl groups is 5. The quantitative estimate of drug-likeness (QED) is 0.175. The van der Waals surface area contributed by atoms with E-state index in [1.165, 1.54) is 7.11 Å². The van der Waals surface area contributed by atoms with E-state index in [4.69, 9.17) is 39.7 Å². The number of methoxy groups -OCH3 is 3. The van der Waals surface area contributed by atoms with Crippen molar-refractivity contribution in [3.05, 3.63) is 0 Å². The fraction of sp³-hybridized carbons (Fsp3) is 1.00. The predicted octanol–water partition coefficient (Wildman–Crippen LogP) is -1.58. The van der Waals surface area contributed by atoms with Crippen molar-refractivity contribution in [3.63, 3.8) is 0 Å². The van der Waals surface area contributed by atoms with Gasteiger partial charge >= 0.3 is 0 Å². The van der Waals surface area contributed by atoms with Crippen LogP contribution in [0, 0.1) is 0 Å². The molecular weight excluding hydrogens is 404 g/mol. The molecule has 5 N–H and O–H groups in total. The zero-order chi connectivity index (χ0) is 23.6. The van der Waals surface area contributed by atoms with Crippen LogP contribution in [0.4, 0.5) is 0 Å². The molecule has 0 saturated carbocycles. The summed E-state index contributed by atoms with van der Waals surface area (Å²) in [5, 5.41) is 44.1. The lowest BCUT2D eigenvalue weighted by Gasteiger charge is -2.11. The average Bonchev–Trinajstić information content (AvgIpc) is 2.72. The van der Waals surface area contributed by atoms with Gasteiger partial charge in [-0.15, -0.1) is 0 Å². The minimum Gasteiger partial charge on any atom is -0.394 e. The molecule has 0 aliphatic carbocycles. The molecule has 4 atom stereocenters. The van der Waals surface area contributed by atoms with E-state index in [0.717, 1.165) is 0 Å². The summed E-state index contributed by atoms with van der Waals surface area (Å²) in [6, 6.07) is 0. The molecule has 0 amide bonds. The van der Waals surface area contributed by atoms with Crippen molar-refractivity contribution in [1.82, 2.24) is 0 Å². The molecule has 0 bridgehead atoms. The Bertz CT molecular complexity index is 282. The first-order valence-corrected chi connectivity index (χ1v) is 9.85. The SMILES string of the molecule is CCOCC(O)COC.CCOCC(O)COC.COCC(O)COCC(O)CO. The maximum atomic E-state index is 9.04. The Morgan fingerprint density at radius 1 is 0.500 bits per heavy atom. The summed E-state index contributed by atoms with van der Waals surface area (Å²) in [7, 11) is 4.58. The Kier molecular flexibility index (Phi) is 32.5. The van der Waals surface area contributed by atoms with E-state index >= 15 is 0 Å². The summed E-state index contributed by atoms with van der Waals surface area (Å²) < 4.78 is 28.7. The zero-order valence-corrected chi connectivity index (χ0v) is 19.1. The number of aliphatic hydroxyl groups excluding tert-OH is 5.